The minimum absolute atomic E-state index is 0. The van der Waals surface area contributed by atoms with Crippen molar-refractivity contribution in [2.24, 2.45) is 4.40 Å². The first-order chi connectivity index (χ1) is 11.2. The monoisotopic (exact) mass is 453 g/mol. The highest BCUT2D eigenvalue weighted by Gasteiger charge is 2.05. The summed E-state index contributed by atoms with van der Waals surface area (Å²) in [6.45, 7) is 0. The maximum Gasteiger partial charge on any atom is 0.323 e. The lowest BCUT2D eigenvalue weighted by Crippen LogP contribution is -2.19. The molecule has 0 atom stereocenters. The van der Waals surface area contributed by atoms with E-state index in [9.17, 15) is 4.79 Å². The number of nitrogens with zero attached hydrogens (tertiary/aromatic N) is 1. The molecule has 1 aromatic heterocycles. The molecule has 2 N–H and O–H groups in total. The zero-order valence-corrected chi connectivity index (χ0v) is 16.0. The molecule has 0 aliphatic heterocycles. The Morgan fingerprint density at radius 1 is 1.12 bits per heavy atom. The van der Waals surface area contributed by atoms with Crippen molar-refractivity contribution >= 4 is 70.5 Å². The lowest BCUT2D eigenvalue weighted by Gasteiger charge is -2.08. The number of fused-ring (bicyclic) bond motifs is 1. The SMILES string of the molecule is CSN=Cc1cccc(NC(=O)Nc2ccc3occc3c2)c1.I. The second kappa shape index (κ2) is 8.74. The van der Waals surface area contributed by atoms with E-state index in [0.29, 0.717) is 11.4 Å². The van der Waals surface area contributed by atoms with Crippen molar-refractivity contribution in [3.8, 4) is 0 Å². The molecule has 0 aliphatic rings. The normalized spacial score (nSPS) is 10.5. The number of urea groups is 1. The van der Waals surface area contributed by atoms with Gasteiger partial charge in [-0.15, -0.1) is 24.0 Å². The average molecular weight is 453 g/mol. The van der Waals surface area contributed by atoms with Crippen LogP contribution in [0.5, 0.6) is 0 Å². The molecule has 0 radical (unpaired) electrons. The summed E-state index contributed by atoms with van der Waals surface area (Å²) < 4.78 is 9.38. The van der Waals surface area contributed by atoms with Gasteiger partial charge < -0.3 is 15.1 Å². The molecule has 5 nitrogen and oxygen atoms in total. The summed E-state index contributed by atoms with van der Waals surface area (Å²) in [6, 6.07) is 14.5. The minimum atomic E-state index is -0.299. The summed E-state index contributed by atoms with van der Waals surface area (Å²) in [6.07, 6.45) is 5.26. The number of carbonyl (C=O) groups excluding carboxylic acids is 1. The standard InChI is InChI=1S/C17H15N3O2S.HI/c1-23-18-11-12-3-2-4-14(9-12)19-17(21)20-15-5-6-16-13(10-15)7-8-22-16;/h2-11H,1H3,(H2,19,20,21);1H. The second-order valence-corrected chi connectivity index (χ2v) is 5.37. The Hall–Kier alpha value is -2.00. The van der Waals surface area contributed by atoms with Gasteiger partial charge in [-0.2, -0.15) is 0 Å². The molecule has 0 bridgehead atoms. The van der Waals surface area contributed by atoms with Crippen molar-refractivity contribution < 1.29 is 9.21 Å². The topological polar surface area (TPSA) is 66.6 Å². The van der Waals surface area contributed by atoms with Crippen LogP contribution in [-0.2, 0) is 0 Å². The van der Waals surface area contributed by atoms with Crippen LogP contribution in [0.4, 0.5) is 16.2 Å². The van der Waals surface area contributed by atoms with Crippen LogP contribution < -0.4 is 10.6 Å². The van der Waals surface area contributed by atoms with Gasteiger partial charge in [0.05, 0.1) is 6.26 Å². The lowest BCUT2D eigenvalue weighted by molar-refractivity contribution is 0.262. The third-order valence-electron chi connectivity index (χ3n) is 3.16. The average Bonchev–Trinajstić information content (AvgIpc) is 3.01. The fourth-order valence-corrected chi connectivity index (χ4v) is 2.38. The number of hydrogen-bond acceptors (Lipinski definition) is 4. The van der Waals surface area contributed by atoms with Crippen molar-refractivity contribution in [2.45, 2.75) is 0 Å². The Morgan fingerprint density at radius 2 is 1.92 bits per heavy atom. The van der Waals surface area contributed by atoms with Crippen molar-refractivity contribution in [1.82, 2.24) is 0 Å². The highest BCUT2D eigenvalue weighted by atomic mass is 127. The van der Waals surface area contributed by atoms with E-state index in [1.54, 1.807) is 18.5 Å². The van der Waals surface area contributed by atoms with Gasteiger partial charge in [0.15, 0.2) is 0 Å². The fourth-order valence-electron chi connectivity index (χ4n) is 2.15. The number of benzene rings is 2. The van der Waals surface area contributed by atoms with Crippen LogP contribution in [0.1, 0.15) is 5.56 Å². The van der Waals surface area contributed by atoms with Crippen LogP contribution in [0.2, 0.25) is 0 Å². The zero-order valence-electron chi connectivity index (χ0n) is 12.9. The van der Waals surface area contributed by atoms with Gasteiger partial charge in [0.25, 0.3) is 0 Å². The number of anilines is 2. The Bertz CT molecular complexity index is 864. The number of rotatable bonds is 4. The van der Waals surface area contributed by atoms with E-state index >= 15 is 0 Å². The number of amides is 2. The summed E-state index contributed by atoms with van der Waals surface area (Å²) in [7, 11) is 0. The van der Waals surface area contributed by atoms with E-state index in [2.05, 4.69) is 15.0 Å². The lowest BCUT2D eigenvalue weighted by atomic mass is 10.2. The summed E-state index contributed by atoms with van der Waals surface area (Å²) in [5, 5.41) is 6.56. The highest BCUT2D eigenvalue weighted by Crippen LogP contribution is 2.20. The summed E-state index contributed by atoms with van der Waals surface area (Å²) >= 11 is 1.38. The maximum atomic E-state index is 12.1. The molecule has 7 heteroatoms. The van der Waals surface area contributed by atoms with Crippen LogP contribution in [-0.4, -0.2) is 18.5 Å². The van der Waals surface area contributed by atoms with Crippen LogP contribution >= 0.6 is 35.9 Å². The summed E-state index contributed by atoms with van der Waals surface area (Å²) in [5.74, 6) is 0. The second-order valence-electron chi connectivity index (χ2n) is 4.79. The Balaban J connectivity index is 0.00000208. The molecule has 0 aliphatic carbocycles. The van der Waals surface area contributed by atoms with Gasteiger partial charge >= 0.3 is 6.03 Å². The number of hydrogen-bond donors (Lipinski definition) is 2. The molecule has 124 valence electrons. The van der Waals surface area contributed by atoms with Gasteiger partial charge in [-0.05, 0) is 53.9 Å². The molecule has 24 heavy (non-hydrogen) atoms. The van der Waals surface area contributed by atoms with Gasteiger partial charge in [-0.1, -0.05) is 12.1 Å². The zero-order chi connectivity index (χ0) is 16.1. The van der Waals surface area contributed by atoms with Crippen molar-refractivity contribution in [1.29, 1.82) is 0 Å². The van der Waals surface area contributed by atoms with Crippen molar-refractivity contribution in [3.05, 3.63) is 60.4 Å². The van der Waals surface area contributed by atoms with E-state index in [-0.39, 0.29) is 30.0 Å². The third kappa shape index (κ3) is 4.75. The van der Waals surface area contributed by atoms with Gasteiger partial charge in [0.1, 0.15) is 5.58 Å². The molecular formula is C17H16IN3O2S. The van der Waals surface area contributed by atoms with E-state index in [1.165, 1.54) is 11.9 Å². The fraction of sp³-hybridized carbons (Fsp3) is 0.0588. The predicted molar refractivity (Wildman–Crippen MR) is 112 cm³/mol. The van der Waals surface area contributed by atoms with Crippen molar-refractivity contribution in [2.75, 3.05) is 16.9 Å². The molecule has 0 spiro atoms. The van der Waals surface area contributed by atoms with Gasteiger partial charge in [0, 0.05) is 29.2 Å². The number of halogens is 1. The van der Waals surface area contributed by atoms with Crippen LogP contribution in [0.15, 0.2) is 63.6 Å². The summed E-state index contributed by atoms with van der Waals surface area (Å²) in [5.41, 5.74) is 3.13. The first kappa shape index (κ1) is 18.3. The molecule has 2 aromatic carbocycles. The Kier molecular flexibility index (Phi) is 6.68. The van der Waals surface area contributed by atoms with E-state index in [4.69, 9.17) is 4.42 Å². The molecule has 2 amide bonds. The minimum Gasteiger partial charge on any atom is -0.464 e. The van der Waals surface area contributed by atoms with Crippen LogP contribution in [0, 0.1) is 0 Å². The third-order valence-corrected chi connectivity index (χ3v) is 3.48. The Labute approximate surface area is 161 Å². The molecule has 3 rings (SSSR count). The molecule has 0 saturated carbocycles. The first-order valence-electron chi connectivity index (χ1n) is 6.96. The van der Waals surface area contributed by atoms with Gasteiger partial charge in [-0.25, -0.2) is 9.19 Å². The van der Waals surface area contributed by atoms with Gasteiger partial charge in [0.2, 0.25) is 0 Å². The van der Waals surface area contributed by atoms with E-state index in [1.807, 2.05) is 48.7 Å². The predicted octanol–water partition coefficient (Wildman–Crippen LogP) is 5.39. The summed E-state index contributed by atoms with van der Waals surface area (Å²) in [4.78, 5) is 12.1. The largest absolute Gasteiger partial charge is 0.464 e. The Morgan fingerprint density at radius 3 is 2.71 bits per heavy atom. The van der Waals surface area contributed by atoms with Gasteiger partial charge in [-0.3, -0.25) is 0 Å². The molecule has 0 saturated heterocycles. The first-order valence-corrected chi connectivity index (χ1v) is 8.14. The van der Waals surface area contributed by atoms with E-state index < -0.39 is 0 Å². The molecule has 3 aromatic rings. The van der Waals surface area contributed by atoms with Crippen LogP contribution in [0.3, 0.4) is 0 Å². The number of carbonyl (C=O) groups is 1. The highest BCUT2D eigenvalue weighted by molar-refractivity contribution is 14.0. The molecule has 1 heterocycles. The maximum absolute atomic E-state index is 12.1. The molecule has 0 unspecified atom stereocenters. The smallest absolute Gasteiger partial charge is 0.323 e. The number of furan rings is 1. The molecular weight excluding hydrogens is 437 g/mol. The van der Waals surface area contributed by atoms with E-state index in [0.717, 1.165) is 16.5 Å². The van der Waals surface area contributed by atoms with Crippen LogP contribution in [0.25, 0.3) is 11.0 Å². The van der Waals surface area contributed by atoms with Crippen molar-refractivity contribution in [3.63, 3.8) is 0 Å². The number of nitrogens with one attached hydrogen (secondary N) is 2. The molecule has 0 fully saturated rings. The quantitative estimate of drug-likeness (QED) is 0.316.